The van der Waals surface area contributed by atoms with Gasteiger partial charge in [-0.2, -0.15) is 10.1 Å². The van der Waals surface area contributed by atoms with Crippen molar-refractivity contribution in [1.82, 2.24) is 24.9 Å². The average Bonchev–Trinajstić information content (AvgIpc) is 3.36. The first-order valence-electron chi connectivity index (χ1n) is 8.11. The van der Waals surface area contributed by atoms with Crippen LogP contribution < -0.4 is 4.90 Å². The third kappa shape index (κ3) is 2.98. The van der Waals surface area contributed by atoms with Gasteiger partial charge in [0.25, 0.3) is 5.71 Å². The van der Waals surface area contributed by atoms with Crippen molar-refractivity contribution in [3.05, 3.63) is 54.1 Å². The molecule has 4 heterocycles. The van der Waals surface area contributed by atoms with Gasteiger partial charge in [-0.3, -0.25) is 4.68 Å². The van der Waals surface area contributed by atoms with Crippen LogP contribution in [0.4, 0.5) is 5.82 Å². The molecule has 0 aliphatic heterocycles. The van der Waals surface area contributed by atoms with E-state index in [1.54, 1.807) is 6.26 Å². The van der Waals surface area contributed by atoms with Crippen molar-refractivity contribution in [1.29, 1.82) is 0 Å². The molecule has 0 radical (unpaired) electrons. The number of rotatable bonds is 6. The Balaban J connectivity index is 1.74. The third-order valence-corrected chi connectivity index (χ3v) is 4.02. The number of hydrogen-bond donors (Lipinski definition) is 0. The minimum Gasteiger partial charge on any atom is -0.467 e. The highest BCUT2D eigenvalue weighted by Crippen LogP contribution is 2.28. The fraction of sp³-hybridized carbons (Fsp3) is 0.294. The van der Waals surface area contributed by atoms with Crippen LogP contribution in [0, 0.1) is 6.92 Å². The van der Waals surface area contributed by atoms with Gasteiger partial charge in [-0.1, -0.05) is 5.16 Å². The zero-order valence-corrected chi connectivity index (χ0v) is 14.1. The molecule has 0 spiro atoms. The first-order chi connectivity index (χ1) is 12.2. The summed E-state index contributed by atoms with van der Waals surface area (Å²) < 4.78 is 12.7. The second-order valence-electron chi connectivity index (χ2n) is 5.74. The van der Waals surface area contributed by atoms with Crippen LogP contribution in [0.2, 0.25) is 0 Å². The molecule has 25 heavy (non-hydrogen) atoms. The predicted molar refractivity (Wildman–Crippen MR) is 90.8 cm³/mol. The van der Waals surface area contributed by atoms with E-state index in [-0.39, 0.29) is 0 Å². The monoisotopic (exact) mass is 338 g/mol. The molecule has 0 bridgehead atoms. The molecule has 0 saturated heterocycles. The molecule has 0 amide bonds. The normalized spacial score (nSPS) is 11.3. The number of aryl methyl sites for hydroxylation is 2. The second kappa shape index (κ2) is 6.39. The Kier molecular flexibility index (Phi) is 3.93. The number of nitrogens with zero attached hydrogens (tertiary/aromatic N) is 6. The molecule has 0 unspecified atom stereocenters. The number of furan rings is 1. The molecule has 8 heteroatoms. The van der Waals surface area contributed by atoms with Gasteiger partial charge in [0.1, 0.15) is 23.3 Å². The average molecular weight is 338 g/mol. The van der Waals surface area contributed by atoms with E-state index in [1.807, 2.05) is 36.0 Å². The molecule has 8 nitrogen and oxygen atoms in total. The minimum atomic E-state index is 0.478. The standard InChI is InChI=1S/C17H18N6O2/c1-3-23-7-6-13(20-23)9-22(10-14-5-4-8-24-14)16-15-12(2)21-25-17(15)19-11-18-16/h4-8,11H,3,9-10H2,1-2H3. The van der Waals surface area contributed by atoms with Crippen LogP contribution in [0.15, 0.2) is 45.9 Å². The summed E-state index contributed by atoms with van der Waals surface area (Å²) in [5, 5.41) is 9.40. The van der Waals surface area contributed by atoms with Crippen LogP contribution >= 0.6 is 0 Å². The van der Waals surface area contributed by atoms with Crippen molar-refractivity contribution < 1.29 is 8.94 Å². The smallest absolute Gasteiger partial charge is 0.263 e. The summed E-state index contributed by atoms with van der Waals surface area (Å²) in [5.74, 6) is 1.60. The maximum Gasteiger partial charge on any atom is 0.263 e. The highest BCUT2D eigenvalue weighted by Gasteiger charge is 2.20. The van der Waals surface area contributed by atoms with E-state index in [4.69, 9.17) is 8.94 Å². The van der Waals surface area contributed by atoms with Crippen molar-refractivity contribution in [3.8, 4) is 0 Å². The zero-order valence-electron chi connectivity index (χ0n) is 14.1. The van der Waals surface area contributed by atoms with E-state index >= 15 is 0 Å². The molecule has 0 fully saturated rings. The lowest BCUT2D eigenvalue weighted by Crippen LogP contribution is -2.23. The van der Waals surface area contributed by atoms with Gasteiger partial charge >= 0.3 is 0 Å². The van der Waals surface area contributed by atoms with E-state index in [2.05, 4.69) is 32.0 Å². The summed E-state index contributed by atoms with van der Waals surface area (Å²) in [6.07, 6.45) is 5.13. The quantitative estimate of drug-likeness (QED) is 0.534. The lowest BCUT2D eigenvalue weighted by molar-refractivity contribution is 0.442. The Morgan fingerprint density at radius 3 is 2.88 bits per heavy atom. The summed E-state index contributed by atoms with van der Waals surface area (Å²) in [4.78, 5) is 10.7. The van der Waals surface area contributed by atoms with Gasteiger partial charge in [0.2, 0.25) is 0 Å². The SMILES string of the molecule is CCn1ccc(CN(Cc2ccco2)c2ncnc3onc(C)c23)n1. The molecule has 4 rings (SSSR count). The number of aromatic nitrogens is 5. The molecular formula is C17H18N6O2. The Bertz CT molecular complexity index is 972. The lowest BCUT2D eigenvalue weighted by atomic mass is 10.2. The van der Waals surface area contributed by atoms with Gasteiger partial charge in [-0.25, -0.2) is 4.98 Å². The van der Waals surface area contributed by atoms with E-state index in [1.165, 1.54) is 6.33 Å². The summed E-state index contributed by atoms with van der Waals surface area (Å²) in [5.41, 5.74) is 2.19. The first-order valence-corrected chi connectivity index (χ1v) is 8.11. The molecule has 0 saturated carbocycles. The lowest BCUT2D eigenvalue weighted by Gasteiger charge is -2.22. The molecule has 4 aromatic rings. The molecule has 0 aromatic carbocycles. The number of anilines is 1. The first kappa shape index (κ1) is 15.4. The zero-order chi connectivity index (χ0) is 17.2. The van der Waals surface area contributed by atoms with Crippen LogP contribution in [-0.4, -0.2) is 24.9 Å². The van der Waals surface area contributed by atoms with Gasteiger partial charge in [0.05, 0.1) is 30.7 Å². The highest BCUT2D eigenvalue weighted by atomic mass is 16.5. The Hall–Kier alpha value is -3.16. The summed E-state index contributed by atoms with van der Waals surface area (Å²) in [6, 6.07) is 5.83. The van der Waals surface area contributed by atoms with E-state index in [0.717, 1.165) is 34.9 Å². The molecular weight excluding hydrogens is 320 g/mol. The van der Waals surface area contributed by atoms with Crippen molar-refractivity contribution >= 4 is 16.9 Å². The van der Waals surface area contributed by atoms with Gasteiger partial charge in [0.15, 0.2) is 0 Å². The molecule has 128 valence electrons. The maximum absolute atomic E-state index is 5.52. The Morgan fingerprint density at radius 1 is 1.20 bits per heavy atom. The Morgan fingerprint density at radius 2 is 2.12 bits per heavy atom. The fourth-order valence-corrected chi connectivity index (χ4v) is 2.80. The van der Waals surface area contributed by atoms with Crippen LogP contribution in [-0.2, 0) is 19.6 Å². The summed E-state index contributed by atoms with van der Waals surface area (Å²) in [6.45, 7) is 5.93. The maximum atomic E-state index is 5.52. The van der Waals surface area contributed by atoms with Crippen LogP contribution in [0.3, 0.4) is 0 Å². The second-order valence-corrected chi connectivity index (χ2v) is 5.74. The summed E-state index contributed by atoms with van der Waals surface area (Å²) >= 11 is 0. The molecule has 0 N–H and O–H groups in total. The molecule has 0 aliphatic carbocycles. The minimum absolute atomic E-state index is 0.478. The van der Waals surface area contributed by atoms with Gasteiger partial charge in [0, 0.05) is 12.7 Å². The molecule has 0 atom stereocenters. The van der Waals surface area contributed by atoms with E-state index in [9.17, 15) is 0 Å². The fourth-order valence-electron chi connectivity index (χ4n) is 2.80. The van der Waals surface area contributed by atoms with Crippen molar-refractivity contribution in [2.24, 2.45) is 0 Å². The largest absolute Gasteiger partial charge is 0.467 e. The van der Waals surface area contributed by atoms with Crippen LogP contribution in [0.1, 0.15) is 24.1 Å². The van der Waals surface area contributed by atoms with E-state index < -0.39 is 0 Å². The molecule has 0 aliphatic rings. The van der Waals surface area contributed by atoms with Crippen LogP contribution in [0.5, 0.6) is 0 Å². The topological polar surface area (TPSA) is 86.0 Å². The van der Waals surface area contributed by atoms with Gasteiger partial charge in [-0.05, 0) is 32.0 Å². The van der Waals surface area contributed by atoms with Crippen molar-refractivity contribution in [3.63, 3.8) is 0 Å². The van der Waals surface area contributed by atoms with E-state index in [0.29, 0.717) is 18.8 Å². The predicted octanol–water partition coefficient (Wildman–Crippen LogP) is 2.94. The highest BCUT2D eigenvalue weighted by molar-refractivity contribution is 5.87. The van der Waals surface area contributed by atoms with Gasteiger partial charge in [-0.15, -0.1) is 0 Å². The Labute approximate surface area is 144 Å². The van der Waals surface area contributed by atoms with Crippen molar-refractivity contribution in [2.45, 2.75) is 33.5 Å². The van der Waals surface area contributed by atoms with Crippen LogP contribution in [0.25, 0.3) is 11.1 Å². The third-order valence-electron chi connectivity index (χ3n) is 4.02. The van der Waals surface area contributed by atoms with Gasteiger partial charge < -0.3 is 13.8 Å². The number of hydrogen-bond acceptors (Lipinski definition) is 7. The summed E-state index contributed by atoms with van der Waals surface area (Å²) in [7, 11) is 0. The molecule has 4 aromatic heterocycles. The number of fused-ring (bicyclic) bond motifs is 1. The van der Waals surface area contributed by atoms with Crippen molar-refractivity contribution in [2.75, 3.05) is 4.90 Å².